The predicted molar refractivity (Wildman–Crippen MR) is 125 cm³/mol. The Balaban J connectivity index is 1.68. The largest absolute Gasteiger partial charge is 0.483 e. The normalized spacial score (nSPS) is 12.7. The molecule has 0 saturated carbocycles. The summed E-state index contributed by atoms with van der Waals surface area (Å²) in [4.78, 5) is 2.21. The molecule has 5 aromatic rings. The molecule has 0 spiro atoms. The molecule has 1 aromatic heterocycles. The molecule has 1 aliphatic heterocycles. The van der Waals surface area contributed by atoms with E-state index in [0.29, 0.717) is 12.5 Å². The summed E-state index contributed by atoms with van der Waals surface area (Å²) >= 11 is 0. The second-order valence-corrected chi connectivity index (χ2v) is 7.87. The molecular weight excluding hydrogens is 382 g/mol. The Morgan fingerprint density at radius 3 is 2.42 bits per heavy atom. The minimum atomic E-state index is 0.496. The molecule has 31 heavy (non-hydrogen) atoms. The van der Waals surface area contributed by atoms with E-state index in [-0.39, 0.29) is 0 Å². The van der Waals surface area contributed by atoms with Crippen molar-refractivity contribution in [3.05, 3.63) is 108 Å². The van der Waals surface area contributed by atoms with Gasteiger partial charge in [0.15, 0.2) is 5.75 Å². The van der Waals surface area contributed by atoms with Crippen LogP contribution in [0.5, 0.6) is 5.75 Å². The summed E-state index contributed by atoms with van der Waals surface area (Å²) in [5.41, 5.74) is 7.62. The Labute approximate surface area is 181 Å². The van der Waals surface area contributed by atoms with Gasteiger partial charge in [-0.2, -0.15) is 0 Å². The topological polar surface area (TPSA) is 25.6 Å². The number of furan rings is 1. The third-order valence-corrected chi connectivity index (χ3v) is 5.82. The van der Waals surface area contributed by atoms with Crippen LogP contribution in [0.25, 0.3) is 22.1 Å². The molecule has 0 atom stereocenters. The second-order valence-electron chi connectivity index (χ2n) is 7.87. The van der Waals surface area contributed by atoms with Crippen molar-refractivity contribution < 1.29 is 9.15 Å². The van der Waals surface area contributed by atoms with Crippen LogP contribution in [0.4, 0.5) is 17.3 Å². The molecule has 0 fully saturated rings. The van der Waals surface area contributed by atoms with Gasteiger partial charge in [0.25, 0.3) is 0 Å². The van der Waals surface area contributed by atoms with Crippen LogP contribution in [-0.4, -0.2) is 0 Å². The van der Waals surface area contributed by atoms with Crippen LogP contribution in [0.15, 0.2) is 101 Å². The van der Waals surface area contributed by atoms with Gasteiger partial charge in [-0.3, -0.25) is 4.90 Å². The van der Waals surface area contributed by atoms with E-state index in [4.69, 9.17) is 9.15 Å². The van der Waals surface area contributed by atoms with Crippen molar-refractivity contribution in [2.45, 2.75) is 13.5 Å². The summed E-state index contributed by atoms with van der Waals surface area (Å²) in [7, 11) is 0. The molecule has 0 N–H and O–H groups in total. The number of anilines is 3. The van der Waals surface area contributed by atoms with E-state index < -0.39 is 0 Å². The fourth-order valence-corrected chi connectivity index (χ4v) is 4.34. The highest BCUT2D eigenvalue weighted by molar-refractivity contribution is 5.96. The third kappa shape index (κ3) is 2.89. The van der Waals surface area contributed by atoms with Crippen LogP contribution in [0, 0.1) is 6.92 Å². The minimum absolute atomic E-state index is 0.496. The standard InChI is InChI=1S/C28H21NO2/c1-19-15-16-25(23(17-19)20-9-3-2-4-10-20)29-24-13-7-5-11-21(24)18-30-27-22-12-6-8-14-26(22)31-28(27)29/h2-17H,18H2,1H3. The van der Waals surface area contributed by atoms with Gasteiger partial charge in [-0.25, -0.2) is 0 Å². The van der Waals surface area contributed by atoms with Crippen molar-refractivity contribution in [2.24, 2.45) is 0 Å². The first kappa shape index (κ1) is 17.8. The molecule has 3 heteroatoms. The van der Waals surface area contributed by atoms with Crippen LogP contribution < -0.4 is 9.64 Å². The zero-order chi connectivity index (χ0) is 20.8. The molecule has 0 amide bonds. The van der Waals surface area contributed by atoms with Crippen molar-refractivity contribution in [1.82, 2.24) is 0 Å². The fourth-order valence-electron chi connectivity index (χ4n) is 4.34. The van der Waals surface area contributed by atoms with Crippen LogP contribution in [0.1, 0.15) is 11.1 Å². The van der Waals surface area contributed by atoms with Crippen molar-refractivity contribution in [2.75, 3.05) is 4.90 Å². The predicted octanol–water partition coefficient (Wildman–Crippen LogP) is 7.77. The van der Waals surface area contributed by atoms with E-state index in [2.05, 4.69) is 84.6 Å². The van der Waals surface area contributed by atoms with Crippen molar-refractivity contribution >= 4 is 28.2 Å². The number of aryl methyl sites for hydroxylation is 1. The summed E-state index contributed by atoms with van der Waals surface area (Å²) in [6, 6.07) is 33.5. The molecule has 4 aromatic carbocycles. The summed E-state index contributed by atoms with van der Waals surface area (Å²) < 4.78 is 12.7. The van der Waals surface area contributed by atoms with Gasteiger partial charge in [-0.15, -0.1) is 0 Å². The highest BCUT2D eigenvalue weighted by Gasteiger charge is 2.30. The Morgan fingerprint density at radius 1 is 0.742 bits per heavy atom. The molecule has 0 aliphatic carbocycles. The Morgan fingerprint density at radius 2 is 1.52 bits per heavy atom. The summed E-state index contributed by atoms with van der Waals surface area (Å²) in [6.45, 7) is 2.62. The SMILES string of the molecule is Cc1ccc(N2c3ccccc3COc3c2oc2ccccc32)c(-c2ccccc2)c1. The minimum Gasteiger partial charge on any atom is -0.483 e. The molecular formula is C28H21NO2. The summed E-state index contributed by atoms with van der Waals surface area (Å²) in [6.07, 6.45) is 0. The van der Waals surface area contributed by atoms with Gasteiger partial charge in [-0.05, 0) is 42.8 Å². The molecule has 0 radical (unpaired) electrons. The second kappa shape index (κ2) is 7.06. The fraction of sp³-hybridized carbons (Fsp3) is 0.0714. The van der Waals surface area contributed by atoms with E-state index in [1.807, 2.05) is 24.3 Å². The van der Waals surface area contributed by atoms with E-state index in [0.717, 1.165) is 39.2 Å². The average Bonchev–Trinajstić information content (AvgIpc) is 3.10. The summed E-state index contributed by atoms with van der Waals surface area (Å²) in [5, 5.41) is 0.990. The van der Waals surface area contributed by atoms with Crippen LogP contribution in [0.2, 0.25) is 0 Å². The first-order valence-corrected chi connectivity index (χ1v) is 10.5. The zero-order valence-electron chi connectivity index (χ0n) is 17.2. The van der Waals surface area contributed by atoms with E-state index in [1.165, 1.54) is 11.1 Å². The van der Waals surface area contributed by atoms with Crippen LogP contribution >= 0.6 is 0 Å². The number of para-hydroxylation sites is 2. The van der Waals surface area contributed by atoms with E-state index in [9.17, 15) is 0 Å². The van der Waals surface area contributed by atoms with Gasteiger partial charge >= 0.3 is 0 Å². The maximum atomic E-state index is 6.42. The lowest BCUT2D eigenvalue weighted by atomic mass is 9.99. The molecule has 0 unspecified atom stereocenters. The van der Waals surface area contributed by atoms with Crippen LogP contribution in [0.3, 0.4) is 0 Å². The lowest BCUT2D eigenvalue weighted by molar-refractivity contribution is 0.311. The number of hydrogen-bond donors (Lipinski definition) is 0. The van der Waals surface area contributed by atoms with Crippen molar-refractivity contribution in [1.29, 1.82) is 0 Å². The molecule has 6 rings (SSSR count). The number of rotatable bonds is 2. The lowest BCUT2D eigenvalue weighted by Crippen LogP contribution is -2.11. The first-order valence-electron chi connectivity index (χ1n) is 10.5. The Bertz CT molecular complexity index is 1400. The smallest absolute Gasteiger partial charge is 0.248 e. The first-order chi connectivity index (χ1) is 15.3. The molecule has 0 bridgehead atoms. The maximum Gasteiger partial charge on any atom is 0.248 e. The van der Waals surface area contributed by atoms with Crippen molar-refractivity contribution in [3.8, 4) is 16.9 Å². The summed E-state index contributed by atoms with van der Waals surface area (Å²) in [5.74, 6) is 1.50. The average molecular weight is 403 g/mol. The molecule has 0 saturated heterocycles. The van der Waals surface area contributed by atoms with Crippen LogP contribution in [-0.2, 0) is 6.61 Å². The van der Waals surface area contributed by atoms with Gasteiger partial charge in [0, 0.05) is 11.1 Å². The number of benzene rings is 4. The monoisotopic (exact) mass is 403 g/mol. The third-order valence-electron chi connectivity index (χ3n) is 5.82. The Hall–Kier alpha value is -3.98. The molecule has 3 nitrogen and oxygen atoms in total. The lowest BCUT2D eigenvalue weighted by Gasteiger charge is -2.26. The Kier molecular flexibility index (Phi) is 4.07. The van der Waals surface area contributed by atoms with Crippen molar-refractivity contribution in [3.63, 3.8) is 0 Å². The quantitative estimate of drug-likeness (QED) is 0.301. The van der Waals surface area contributed by atoms with E-state index >= 15 is 0 Å². The highest BCUT2D eigenvalue weighted by atomic mass is 16.5. The van der Waals surface area contributed by atoms with E-state index in [1.54, 1.807) is 0 Å². The van der Waals surface area contributed by atoms with Gasteiger partial charge in [-0.1, -0.05) is 72.3 Å². The highest BCUT2D eigenvalue weighted by Crippen LogP contribution is 2.51. The number of nitrogens with zero attached hydrogens (tertiary/aromatic N) is 1. The molecule has 2 heterocycles. The number of fused-ring (bicyclic) bond motifs is 4. The molecule has 1 aliphatic rings. The zero-order valence-corrected chi connectivity index (χ0v) is 17.2. The number of ether oxygens (including phenoxy) is 1. The van der Waals surface area contributed by atoms with Gasteiger partial charge < -0.3 is 9.15 Å². The maximum absolute atomic E-state index is 6.42. The number of hydrogen-bond acceptors (Lipinski definition) is 3. The molecule has 150 valence electrons. The van der Waals surface area contributed by atoms with Gasteiger partial charge in [0.2, 0.25) is 5.88 Å². The van der Waals surface area contributed by atoms with Gasteiger partial charge in [0.05, 0.1) is 16.8 Å². The van der Waals surface area contributed by atoms with Gasteiger partial charge in [0.1, 0.15) is 12.2 Å².